The van der Waals surface area contributed by atoms with Gasteiger partial charge in [0.1, 0.15) is 0 Å². The van der Waals surface area contributed by atoms with E-state index in [9.17, 15) is 13.0 Å². The summed E-state index contributed by atoms with van der Waals surface area (Å²) in [6.07, 6.45) is 19.7. The van der Waals surface area contributed by atoms with E-state index in [0.29, 0.717) is 6.42 Å². The predicted octanol–water partition coefficient (Wildman–Crippen LogP) is 3.12. The van der Waals surface area contributed by atoms with Crippen LogP contribution in [0.1, 0.15) is 117 Å². The van der Waals surface area contributed by atoms with Crippen molar-refractivity contribution in [2.45, 2.75) is 123 Å². The van der Waals surface area contributed by atoms with Crippen LogP contribution in [-0.4, -0.2) is 19.1 Å². The van der Waals surface area contributed by atoms with Gasteiger partial charge in [0.15, 0.2) is 0 Å². The van der Waals surface area contributed by atoms with Gasteiger partial charge in [0.2, 0.25) is 10.4 Å². The van der Waals surface area contributed by atoms with Crippen molar-refractivity contribution in [3.63, 3.8) is 0 Å². The Morgan fingerprint density at radius 2 is 1.04 bits per heavy atom. The minimum absolute atomic E-state index is 0. The maximum absolute atomic E-state index is 10.4. The molecule has 4 nitrogen and oxygen atoms in total. The number of hydrogen-bond acceptors (Lipinski definition) is 4. The Balaban J connectivity index is 0. The van der Waals surface area contributed by atoms with Crippen LogP contribution in [0.4, 0.5) is 0 Å². The number of unbranched alkanes of at least 4 members (excludes halogenated alkanes) is 14. The van der Waals surface area contributed by atoms with Crippen molar-refractivity contribution in [3.8, 4) is 0 Å². The zero-order valence-electron chi connectivity index (χ0n) is 16.9. The molecule has 0 saturated heterocycles. The van der Waals surface area contributed by atoms with E-state index in [-0.39, 0.29) is 51.4 Å². The van der Waals surface area contributed by atoms with Crippen LogP contribution in [-0.2, 0) is 14.6 Å². The summed E-state index contributed by atoms with van der Waals surface area (Å²) >= 11 is 0. The van der Waals surface area contributed by atoms with Gasteiger partial charge in [0.25, 0.3) is 0 Å². The van der Waals surface area contributed by atoms with Gasteiger partial charge in [-0.25, -0.2) is 8.42 Å². The molecular weight excluding hydrogens is 363 g/mol. The molecule has 0 saturated carbocycles. The first-order valence-corrected chi connectivity index (χ1v) is 11.4. The van der Waals surface area contributed by atoms with Crippen molar-refractivity contribution in [1.29, 1.82) is 0 Å². The van der Waals surface area contributed by atoms with Gasteiger partial charge >= 0.3 is 51.4 Å². The van der Waals surface area contributed by atoms with Crippen molar-refractivity contribution in [2.24, 2.45) is 0 Å². The van der Waals surface area contributed by atoms with Gasteiger partial charge in [-0.1, -0.05) is 103 Å². The van der Waals surface area contributed by atoms with E-state index in [2.05, 4.69) is 11.1 Å². The van der Waals surface area contributed by atoms with Gasteiger partial charge < -0.3 is 4.55 Å². The fourth-order valence-electron chi connectivity index (χ4n) is 3.05. The molecule has 0 rings (SSSR count). The Hall–Kier alpha value is 1.51. The van der Waals surface area contributed by atoms with Gasteiger partial charge in [-0.3, -0.25) is 4.18 Å². The molecule has 1 unspecified atom stereocenters. The summed E-state index contributed by atoms with van der Waals surface area (Å²) in [6.45, 7) is 3.90. The molecule has 0 aromatic heterocycles. The third-order valence-electron chi connectivity index (χ3n) is 4.50. The van der Waals surface area contributed by atoms with Crippen LogP contribution >= 0.6 is 0 Å². The maximum Gasteiger partial charge on any atom is 1.00 e. The first kappa shape index (κ1) is 28.7. The van der Waals surface area contributed by atoms with Crippen molar-refractivity contribution >= 4 is 10.4 Å². The van der Waals surface area contributed by atoms with E-state index in [1.165, 1.54) is 83.5 Å². The van der Waals surface area contributed by atoms with Crippen LogP contribution in [0, 0.1) is 0 Å². The van der Waals surface area contributed by atoms with Crippen LogP contribution in [0.3, 0.4) is 0 Å². The monoisotopic (exact) mass is 402 g/mol. The summed E-state index contributed by atoms with van der Waals surface area (Å²) in [6, 6.07) is 0. The fourth-order valence-corrected chi connectivity index (χ4v) is 3.55. The van der Waals surface area contributed by atoms with Crippen LogP contribution in [0.2, 0.25) is 0 Å². The summed E-state index contributed by atoms with van der Waals surface area (Å²) in [7, 11) is -4.54. The molecule has 0 aromatic carbocycles. The molecule has 25 heavy (non-hydrogen) atoms. The van der Waals surface area contributed by atoms with Gasteiger partial charge in [0.05, 0.1) is 6.10 Å². The molecule has 6 heteroatoms. The second-order valence-corrected chi connectivity index (χ2v) is 8.06. The predicted molar refractivity (Wildman–Crippen MR) is 99.8 cm³/mol. The van der Waals surface area contributed by atoms with Gasteiger partial charge in [-0.2, -0.15) is 0 Å². The Morgan fingerprint density at radius 3 is 1.36 bits per heavy atom. The Labute approximate surface area is 199 Å². The van der Waals surface area contributed by atoms with Crippen LogP contribution < -0.4 is 51.4 Å². The zero-order chi connectivity index (χ0) is 18.1. The SMILES string of the molecule is CCCCCCCCCCCCCCCCCC(C)OS(=O)(=O)[O-].[K+]. The maximum atomic E-state index is 10.4. The van der Waals surface area contributed by atoms with Crippen molar-refractivity contribution in [2.75, 3.05) is 0 Å². The molecule has 0 fully saturated rings. The standard InChI is InChI=1S/C19H40O4S.K/c1-3-4-5-6-7-8-9-10-11-12-13-14-15-16-17-18-19(2)23-24(20,21)22;/h19H,3-18H2,1-2H3,(H,20,21,22);/q;+1/p-1. The molecule has 0 bridgehead atoms. The second-order valence-electron chi connectivity index (χ2n) is 7.05. The van der Waals surface area contributed by atoms with E-state index >= 15 is 0 Å². The van der Waals surface area contributed by atoms with Crippen LogP contribution in [0.25, 0.3) is 0 Å². The molecular formula is C19H39KO4S. The third kappa shape index (κ3) is 25.5. The van der Waals surface area contributed by atoms with E-state index in [1.807, 2.05) is 0 Å². The first-order chi connectivity index (χ1) is 11.5. The van der Waals surface area contributed by atoms with Crippen molar-refractivity contribution < 1.29 is 68.5 Å². The fraction of sp³-hybridized carbons (Fsp3) is 1.00. The Morgan fingerprint density at radius 1 is 0.720 bits per heavy atom. The minimum Gasteiger partial charge on any atom is -0.726 e. The summed E-state index contributed by atoms with van der Waals surface area (Å²) in [4.78, 5) is 0. The molecule has 0 heterocycles. The average Bonchev–Trinajstić information content (AvgIpc) is 2.49. The molecule has 0 aliphatic carbocycles. The van der Waals surface area contributed by atoms with Gasteiger partial charge in [-0.05, 0) is 13.3 Å². The molecule has 0 aliphatic rings. The van der Waals surface area contributed by atoms with Crippen LogP contribution in [0.15, 0.2) is 0 Å². The average molecular weight is 403 g/mol. The summed E-state index contributed by atoms with van der Waals surface area (Å²) < 4.78 is 35.6. The summed E-state index contributed by atoms with van der Waals surface area (Å²) in [5.41, 5.74) is 0. The van der Waals surface area contributed by atoms with Gasteiger partial charge in [0, 0.05) is 0 Å². The van der Waals surface area contributed by atoms with Crippen LogP contribution in [0.5, 0.6) is 0 Å². The largest absolute Gasteiger partial charge is 1.00 e. The minimum atomic E-state index is -4.54. The molecule has 1 atom stereocenters. The summed E-state index contributed by atoms with van der Waals surface area (Å²) in [5.74, 6) is 0. The quantitative estimate of drug-likeness (QED) is 0.153. The molecule has 0 aliphatic heterocycles. The summed E-state index contributed by atoms with van der Waals surface area (Å²) in [5, 5.41) is 0. The smallest absolute Gasteiger partial charge is 0.726 e. The van der Waals surface area contributed by atoms with Crippen molar-refractivity contribution in [1.82, 2.24) is 0 Å². The Kier molecular flexibility index (Phi) is 23.3. The zero-order valence-corrected chi connectivity index (χ0v) is 20.9. The Bertz CT molecular complexity index is 360. The molecule has 0 N–H and O–H groups in total. The third-order valence-corrected chi connectivity index (χ3v) is 5.06. The second kappa shape index (κ2) is 20.2. The van der Waals surface area contributed by atoms with Gasteiger partial charge in [-0.15, -0.1) is 0 Å². The molecule has 0 radical (unpaired) electrons. The van der Waals surface area contributed by atoms with E-state index in [0.717, 1.165) is 12.8 Å². The topological polar surface area (TPSA) is 66.4 Å². The van der Waals surface area contributed by atoms with E-state index < -0.39 is 16.5 Å². The normalized spacial score (nSPS) is 12.8. The first-order valence-electron chi connectivity index (χ1n) is 10.1. The number of rotatable bonds is 18. The van der Waals surface area contributed by atoms with E-state index in [1.54, 1.807) is 6.92 Å². The molecule has 0 amide bonds. The van der Waals surface area contributed by atoms with E-state index in [4.69, 9.17) is 0 Å². The molecule has 146 valence electrons. The molecule has 0 spiro atoms. The molecule has 0 aromatic rings. The van der Waals surface area contributed by atoms with Crippen molar-refractivity contribution in [3.05, 3.63) is 0 Å². The number of hydrogen-bond donors (Lipinski definition) is 0.